The third kappa shape index (κ3) is 3.56. The van der Waals surface area contributed by atoms with Gasteiger partial charge in [0.05, 0.1) is 30.7 Å². The van der Waals surface area contributed by atoms with Crippen LogP contribution in [0.3, 0.4) is 0 Å². The lowest BCUT2D eigenvalue weighted by Crippen LogP contribution is -2.45. The van der Waals surface area contributed by atoms with Gasteiger partial charge >= 0.3 is 12.0 Å². The lowest BCUT2D eigenvalue weighted by Gasteiger charge is -2.28. The number of urea groups is 1. The quantitative estimate of drug-likeness (QED) is 0.804. The molecule has 0 saturated heterocycles. The molecular formula is C19H20N2O5. The molecule has 1 aromatic carbocycles. The number of nitrogens with one attached hydrogen (secondary N) is 2. The van der Waals surface area contributed by atoms with Crippen LogP contribution in [0.4, 0.5) is 4.79 Å². The van der Waals surface area contributed by atoms with Gasteiger partial charge in [-0.1, -0.05) is 0 Å². The normalized spacial score (nSPS) is 16.9. The second kappa shape index (κ2) is 7.35. The number of hydrogen-bond acceptors (Lipinski definition) is 5. The predicted molar refractivity (Wildman–Crippen MR) is 94.3 cm³/mol. The van der Waals surface area contributed by atoms with Gasteiger partial charge in [-0.2, -0.15) is 0 Å². The van der Waals surface area contributed by atoms with Gasteiger partial charge in [0.2, 0.25) is 0 Å². The van der Waals surface area contributed by atoms with Gasteiger partial charge in [-0.15, -0.1) is 0 Å². The largest absolute Gasteiger partial charge is 0.497 e. The van der Waals surface area contributed by atoms with Crippen molar-refractivity contribution in [1.82, 2.24) is 10.6 Å². The summed E-state index contributed by atoms with van der Waals surface area (Å²) in [6.07, 6.45) is 1.18. The maximum absolute atomic E-state index is 12.8. The molecule has 1 aromatic heterocycles. The van der Waals surface area contributed by atoms with Gasteiger partial charge in [-0.25, -0.2) is 9.59 Å². The standard InChI is InChI=1S/C19H20N2O5/c1-11(2)26-18(22)15-16(12-6-8-13(24-3)9-7-12)20-19(23)21-17(15)14-5-4-10-25-14/h4-11,17H,1-3H3,(H2,20,21,23). The van der Waals surface area contributed by atoms with Crippen LogP contribution < -0.4 is 15.4 Å². The van der Waals surface area contributed by atoms with Crippen molar-refractivity contribution in [2.75, 3.05) is 7.11 Å². The average Bonchev–Trinajstić information content (AvgIpc) is 3.15. The lowest BCUT2D eigenvalue weighted by atomic mass is 9.96. The summed E-state index contributed by atoms with van der Waals surface area (Å²) in [4.78, 5) is 25.0. The second-order valence-electron chi connectivity index (χ2n) is 6.02. The minimum atomic E-state index is -0.748. The highest BCUT2D eigenvalue weighted by Gasteiger charge is 2.36. The number of methoxy groups -OCH3 is 1. The number of hydrogen-bond donors (Lipinski definition) is 2. The first-order chi connectivity index (χ1) is 12.5. The lowest BCUT2D eigenvalue weighted by molar-refractivity contribution is -0.143. The van der Waals surface area contributed by atoms with E-state index in [1.165, 1.54) is 6.26 Å². The zero-order chi connectivity index (χ0) is 18.7. The summed E-state index contributed by atoms with van der Waals surface area (Å²) in [7, 11) is 1.57. The Kier molecular flexibility index (Phi) is 4.97. The Bertz CT molecular complexity index is 822. The molecule has 2 aromatic rings. The van der Waals surface area contributed by atoms with Gasteiger partial charge in [0.1, 0.15) is 17.6 Å². The number of esters is 1. The van der Waals surface area contributed by atoms with Crippen LogP contribution in [0.1, 0.15) is 31.2 Å². The van der Waals surface area contributed by atoms with Gasteiger partial charge in [0.25, 0.3) is 0 Å². The van der Waals surface area contributed by atoms with Crippen molar-refractivity contribution in [2.45, 2.75) is 26.0 Å². The Labute approximate surface area is 151 Å². The van der Waals surface area contributed by atoms with Crippen molar-refractivity contribution in [3.05, 3.63) is 59.6 Å². The molecule has 26 heavy (non-hydrogen) atoms. The number of benzene rings is 1. The summed E-state index contributed by atoms with van der Waals surface area (Å²) in [6, 6.07) is 9.25. The molecular weight excluding hydrogens is 336 g/mol. The molecule has 0 spiro atoms. The number of ether oxygens (including phenoxy) is 2. The Hall–Kier alpha value is -3.22. The van der Waals surface area contributed by atoms with Gasteiger partial charge in [-0.3, -0.25) is 0 Å². The number of carbonyl (C=O) groups excluding carboxylic acids is 2. The number of amides is 2. The number of furan rings is 1. The van der Waals surface area contributed by atoms with Gasteiger partial charge < -0.3 is 24.5 Å². The molecule has 7 nitrogen and oxygen atoms in total. The summed E-state index contributed by atoms with van der Waals surface area (Å²) < 4.78 is 16.0. The highest BCUT2D eigenvalue weighted by atomic mass is 16.5. The Morgan fingerprint density at radius 2 is 1.92 bits per heavy atom. The zero-order valence-corrected chi connectivity index (χ0v) is 14.7. The fraction of sp³-hybridized carbons (Fsp3) is 0.263. The summed E-state index contributed by atoms with van der Waals surface area (Å²) in [5.74, 6) is 0.588. The van der Waals surface area contributed by atoms with Crippen LogP contribution in [0.5, 0.6) is 5.75 Å². The highest BCUT2D eigenvalue weighted by molar-refractivity contribution is 6.04. The van der Waals surface area contributed by atoms with Crippen molar-refractivity contribution in [3.63, 3.8) is 0 Å². The first-order valence-electron chi connectivity index (χ1n) is 8.20. The summed E-state index contributed by atoms with van der Waals surface area (Å²) in [5.41, 5.74) is 1.31. The van der Waals surface area contributed by atoms with Crippen LogP contribution in [-0.2, 0) is 9.53 Å². The van der Waals surface area contributed by atoms with Crippen LogP contribution in [0.15, 0.2) is 52.7 Å². The van der Waals surface area contributed by atoms with Crippen LogP contribution in [0.25, 0.3) is 5.70 Å². The van der Waals surface area contributed by atoms with Crippen LogP contribution in [0, 0.1) is 0 Å². The molecule has 2 N–H and O–H groups in total. The van der Waals surface area contributed by atoms with E-state index in [1.54, 1.807) is 57.4 Å². The molecule has 1 atom stereocenters. The molecule has 1 aliphatic rings. The molecule has 0 bridgehead atoms. The van der Waals surface area contributed by atoms with E-state index >= 15 is 0 Å². The van der Waals surface area contributed by atoms with E-state index < -0.39 is 18.0 Å². The molecule has 7 heteroatoms. The Balaban J connectivity index is 2.13. The molecule has 1 unspecified atom stereocenters. The van der Waals surface area contributed by atoms with E-state index in [1.807, 2.05) is 0 Å². The predicted octanol–water partition coefficient (Wildman–Crippen LogP) is 3.01. The molecule has 2 heterocycles. The minimum Gasteiger partial charge on any atom is -0.497 e. The van der Waals surface area contributed by atoms with Gasteiger partial charge in [0, 0.05) is 0 Å². The third-order valence-corrected chi connectivity index (χ3v) is 3.84. The summed E-state index contributed by atoms with van der Waals surface area (Å²) in [5, 5.41) is 5.43. The van der Waals surface area contributed by atoms with Crippen molar-refractivity contribution in [3.8, 4) is 5.75 Å². The molecule has 0 saturated carbocycles. The fourth-order valence-electron chi connectivity index (χ4n) is 2.72. The van der Waals surface area contributed by atoms with E-state index in [0.717, 1.165) is 0 Å². The van der Waals surface area contributed by atoms with Crippen LogP contribution in [0.2, 0.25) is 0 Å². The number of carbonyl (C=O) groups is 2. The van der Waals surface area contributed by atoms with Crippen molar-refractivity contribution in [1.29, 1.82) is 0 Å². The molecule has 136 valence electrons. The van der Waals surface area contributed by atoms with E-state index in [-0.39, 0.29) is 11.7 Å². The number of rotatable bonds is 5. The molecule has 1 aliphatic heterocycles. The first kappa shape index (κ1) is 17.6. The zero-order valence-electron chi connectivity index (χ0n) is 14.7. The molecule has 0 radical (unpaired) electrons. The van der Waals surface area contributed by atoms with Gasteiger partial charge in [0.15, 0.2) is 0 Å². The third-order valence-electron chi connectivity index (χ3n) is 3.84. The van der Waals surface area contributed by atoms with E-state index in [9.17, 15) is 9.59 Å². The van der Waals surface area contributed by atoms with Gasteiger partial charge in [-0.05, 0) is 55.8 Å². The first-order valence-corrected chi connectivity index (χ1v) is 8.20. The van der Waals surface area contributed by atoms with Crippen molar-refractivity contribution in [2.24, 2.45) is 0 Å². The van der Waals surface area contributed by atoms with Crippen LogP contribution in [-0.4, -0.2) is 25.2 Å². The maximum Gasteiger partial charge on any atom is 0.339 e. The summed E-state index contributed by atoms with van der Waals surface area (Å²) in [6.45, 7) is 3.53. The van der Waals surface area contributed by atoms with Crippen molar-refractivity contribution >= 4 is 17.7 Å². The SMILES string of the molecule is COc1ccc(C2=C(C(=O)OC(C)C)C(c3ccco3)NC(=O)N2)cc1. The maximum atomic E-state index is 12.8. The topological polar surface area (TPSA) is 89.8 Å². The molecule has 3 rings (SSSR count). The highest BCUT2D eigenvalue weighted by Crippen LogP contribution is 2.32. The Morgan fingerprint density at radius 3 is 2.50 bits per heavy atom. The molecule has 0 fully saturated rings. The fourth-order valence-corrected chi connectivity index (χ4v) is 2.72. The monoisotopic (exact) mass is 356 g/mol. The summed E-state index contributed by atoms with van der Waals surface area (Å²) >= 11 is 0. The van der Waals surface area contributed by atoms with E-state index in [0.29, 0.717) is 22.8 Å². The van der Waals surface area contributed by atoms with E-state index in [2.05, 4.69) is 10.6 Å². The molecule has 2 amide bonds. The average molecular weight is 356 g/mol. The smallest absolute Gasteiger partial charge is 0.339 e. The molecule has 0 aliphatic carbocycles. The van der Waals surface area contributed by atoms with E-state index in [4.69, 9.17) is 13.9 Å². The van der Waals surface area contributed by atoms with Crippen LogP contribution >= 0.6 is 0 Å². The second-order valence-corrected chi connectivity index (χ2v) is 6.02. The minimum absolute atomic E-state index is 0.276. The Morgan fingerprint density at radius 1 is 1.19 bits per heavy atom. The van der Waals surface area contributed by atoms with Crippen molar-refractivity contribution < 1.29 is 23.5 Å².